The first kappa shape index (κ1) is 22.2. The minimum absolute atomic E-state index is 0.00246. The minimum atomic E-state index is -3.59. The fraction of sp³-hybridized carbons (Fsp3) is 0.435. The summed E-state index contributed by atoms with van der Waals surface area (Å²) in [7, 11) is -3.59. The number of anilines is 2. The molecule has 0 fully saturated rings. The molecule has 0 spiro atoms. The lowest BCUT2D eigenvalue weighted by molar-refractivity contribution is -0.127. The fourth-order valence-electron chi connectivity index (χ4n) is 3.38. The molecule has 0 bridgehead atoms. The van der Waals surface area contributed by atoms with Crippen LogP contribution in [0.5, 0.6) is 5.75 Å². The lowest BCUT2D eigenvalue weighted by atomic mass is 9.92. The van der Waals surface area contributed by atoms with Gasteiger partial charge in [0.15, 0.2) is 0 Å². The summed E-state index contributed by atoms with van der Waals surface area (Å²) in [5.74, 6) is 0.673. The van der Waals surface area contributed by atoms with Crippen LogP contribution < -0.4 is 14.4 Å². The number of amides is 1. The number of sulfonamides is 1. The molecule has 1 N–H and O–H groups in total. The van der Waals surface area contributed by atoms with Gasteiger partial charge in [0, 0.05) is 12.6 Å². The summed E-state index contributed by atoms with van der Waals surface area (Å²) in [4.78, 5) is 14.8. The lowest BCUT2D eigenvalue weighted by Gasteiger charge is -2.29. The molecule has 162 valence electrons. The number of ether oxygens (including phenoxy) is 1. The van der Waals surface area contributed by atoms with Crippen molar-refractivity contribution in [2.24, 2.45) is 11.3 Å². The van der Waals surface area contributed by atoms with E-state index in [1.807, 2.05) is 45.0 Å². The second kappa shape index (κ2) is 8.30. The smallest absolute Gasteiger partial charge is 0.236 e. The summed E-state index contributed by atoms with van der Waals surface area (Å²) in [6.07, 6.45) is 0. The monoisotopic (exact) mass is 430 g/mol. The number of carbonyl (C=O) groups excluding carboxylic acids is 1. The van der Waals surface area contributed by atoms with Crippen molar-refractivity contribution in [1.82, 2.24) is 0 Å². The highest BCUT2D eigenvalue weighted by molar-refractivity contribution is 7.91. The van der Waals surface area contributed by atoms with Crippen LogP contribution in [0.15, 0.2) is 42.5 Å². The lowest BCUT2D eigenvalue weighted by Crippen LogP contribution is -2.43. The van der Waals surface area contributed by atoms with Gasteiger partial charge in [-0.1, -0.05) is 43.7 Å². The Labute approximate surface area is 179 Å². The summed E-state index contributed by atoms with van der Waals surface area (Å²) in [5.41, 5.74) is 2.21. The predicted octanol–water partition coefficient (Wildman–Crippen LogP) is 4.34. The standard InChI is InChI=1S/C23H30N2O4S/c1-16(2)13-25-20-11-10-19(12-21(20)29-15-23(4,5)22(25)26)24-30(27,28)14-18-8-6-17(3)7-9-18/h6-12,16,24H,13-15H2,1-5H3. The Morgan fingerprint density at radius 1 is 1.13 bits per heavy atom. The molecule has 1 aliphatic rings. The maximum Gasteiger partial charge on any atom is 0.236 e. The van der Waals surface area contributed by atoms with Crippen molar-refractivity contribution in [3.05, 3.63) is 53.6 Å². The van der Waals surface area contributed by atoms with Gasteiger partial charge in [-0.3, -0.25) is 9.52 Å². The van der Waals surface area contributed by atoms with E-state index in [0.29, 0.717) is 23.7 Å². The summed E-state index contributed by atoms with van der Waals surface area (Å²) < 4.78 is 33.8. The molecule has 1 amide bonds. The average Bonchev–Trinajstić information content (AvgIpc) is 2.73. The molecule has 0 saturated carbocycles. The molecule has 2 aromatic rings. The van der Waals surface area contributed by atoms with E-state index in [1.54, 1.807) is 23.1 Å². The number of nitrogens with zero attached hydrogens (tertiary/aromatic N) is 1. The zero-order valence-corrected chi connectivity index (χ0v) is 19.0. The number of hydrogen-bond acceptors (Lipinski definition) is 4. The normalized spacial score (nSPS) is 16.1. The van der Waals surface area contributed by atoms with Gasteiger partial charge < -0.3 is 9.64 Å². The summed E-state index contributed by atoms with van der Waals surface area (Å²) in [5, 5.41) is 0. The van der Waals surface area contributed by atoms with Crippen LogP contribution in [-0.4, -0.2) is 27.5 Å². The maximum atomic E-state index is 13.0. The number of aryl methyl sites for hydroxylation is 1. The molecule has 0 radical (unpaired) electrons. The van der Waals surface area contributed by atoms with E-state index in [2.05, 4.69) is 18.6 Å². The number of carbonyl (C=O) groups is 1. The quantitative estimate of drug-likeness (QED) is 0.739. The first-order valence-corrected chi connectivity index (χ1v) is 11.8. The van der Waals surface area contributed by atoms with E-state index in [1.165, 1.54) is 0 Å². The van der Waals surface area contributed by atoms with Gasteiger partial charge in [-0.2, -0.15) is 0 Å². The van der Waals surface area contributed by atoms with Crippen LogP contribution in [0.1, 0.15) is 38.8 Å². The third-order valence-corrected chi connectivity index (χ3v) is 6.22. The van der Waals surface area contributed by atoms with Gasteiger partial charge in [0.1, 0.15) is 12.4 Å². The molecule has 0 unspecified atom stereocenters. The Bertz CT molecular complexity index is 1030. The summed E-state index contributed by atoms with van der Waals surface area (Å²) in [6.45, 7) is 10.6. The van der Waals surface area contributed by atoms with Crippen LogP contribution in [0.3, 0.4) is 0 Å². The van der Waals surface area contributed by atoms with E-state index in [0.717, 1.165) is 11.1 Å². The minimum Gasteiger partial charge on any atom is -0.490 e. The molecule has 1 aliphatic heterocycles. The van der Waals surface area contributed by atoms with Crippen molar-refractivity contribution in [3.63, 3.8) is 0 Å². The van der Waals surface area contributed by atoms with Gasteiger partial charge in [0.2, 0.25) is 15.9 Å². The second-order valence-corrected chi connectivity index (χ2v) is 10.7. The third-order valence-electron chi connectivity index (χ3n) is 4.96. The van der Waals surface area contributed by atoms with E-state index in [9.17, 15) is 13.2 Å². The van der Waals surface area contributed by atoms with Crippen LogP contribution in [0.4, 0.5) is 11.4 Å². The third kappa shape index (κ3) is 5.14. The number of hydrogen-bond donors (Lipinski definition) is 1. The molecule has 1 heterocycles. The van der Waals surface area contributed by atoms with E-state index in [-0.39, 0.29) is 24.2 Å². The molecule has 3 rings (SSSR count). The van der Waals surface area contributed by atoms with Gasteiger partial charge in [0.05, 0.1) is 22.5 Å². The molecule has 0 aromatic heterocycles. The van der Waals surface area contributed by atoms with Gasteiger partial charge in [-0.25, -0.2) is 8.42 Å². The highest BCUT2D eigenvalue weighted by atomic mass is 32.2. The maximum absolute atomic E-state index is 13.0. The van der Waals surface area contributed by atoms with E-state index >= 15 is 0 Å². The number of rotatable bonds is 6. The Hall–Kier alpha value is -2.54. The van der Waals surface area contributed by atoms with Crippen LogP contribution >= 0.6 is 0 Å². The average molecular weight is 431 g/mol. The molecule has 0 aliphatic carbocycles. The molecule has 2 aromatic carbocycles. The molecular formula is C23H30N2O4S. The summed E-state index contributed by atoms with van der Waals surface area (Å²) in [6, 6.07) is 12.5. The Balaban J connectivity index is 1.87. The SMILES string of the molecule is Cc1ccc(CS(=O)(=O)Nc2ccc3c(c2)OCC(C)(C)C(=O)N3CC(C)C)cc1. The van der Waals surface area contributed by atoms with Gasteiger partial charge in [-0.05, 0) is 44.4 Å². The first-order chi connectivity index (χ1) is 14.0. The zero-order valence-electron chi connectivity index (χ0n) is 18.2. The van der Waals surface area contributed by atoms with Gasteiger partial charge in [-0.15, -0.1) is 0 Å². The fourth-order valence-corrected chi connectivity index (χ4v) is 4.57. The molecule has 0 saturated heterocycles. The topological polar surface area (TPSA) is 75.7 Å². The Morgan fingerprint density at radius 3 is 2.43 bits per heavy atom. The number of nitrogens with one attached hydrogen (secondary N) is 1. The van der Waals surface area contributed by atoms with Crippen molar-refractivity contribution in [1.29, 1.82) is 0 Å². The largest absolute Gasteiger partial charge is 0.490 e. The van der Waals surface area contributed by atoms with E-state index in [4.69, 9.17) is 4.74 Å². The number of benzene rings is 2. The number of fused-ring (bicyclic) bond motifs is 1. The van der Waals surface area contributed by atoms with Crippen molar-refractivity contribution in [3.8, 4) is 5.75 Å². The van der Waals surface area contributed by atoms with Crippen LogP contribution in [0.25, 0.3) is 0 Å². The van der Waals surface area contributed by atoms with Gasteiger partial charge in [0.25, 0.3) is 0 Å². The van der Waals surface area contributed by atoms with Crippen molar-refractivity contribution < 1.29 is 17.9 Å². The van der Waals surface area contributed by atoms with Crippen molar-refractivity contribution >= 4 is 27.3 Å². The first-order valence-electron chi connectivity index (χ1n) is 10.1. The predicted molar refractivity (Wildman–Crippen MR) is 120 cm³/mol. The van der Waals surface area contributed by atoms with E-state index < -0.39 is 15.4 Å². The summed E-state index contributed by atoms with van der Waals surface area (Å²) >= 11 is 0. The highest BCUT2D eigenvalue weighted by Gasteiger charge is 2.38. The van der Waals surface area contributed by atoms with Crippen molar-refractivity contribution in [2.75, 3.05) is 22.8 Å². The van der Waals surface area contributed by atoms with Crippen LogP contribution in [0.2, 0.25) is 0 Å². The van der Waals surface area contributed by atoms with Crippen LogP contribution in [-0.2, 0) is 20.6 Å². The molecule has 0 atom stereocenters. The Morgan fingerprint density at radius 2 is 1.80 bits per heavy atom. The Kier molecular flexibility index (Phi) is 6.13. The van der Waals surface area contributed by atoms with Gasteiger partial charge >= 0.3 is 0 Å². The second-order valence-electron chi connectivity index (χ2n) is 9.01. The molecular weight excluding hydrogens is 400 g/mol. The molecule has 7 heteroatoms. The highest BCUT2D eigenvalue weighted by Crippen LogP contribution is 2.38. The zero-order chi connectivity index (χ0) is 22.1. The van der Waals surface area contributed by atoms with Crippen LogP contribution in [0, 0.1) is 18.3 Å². The van der Waals surface area contributed by atoms with Crippen molar-refractivity contribution in [2.45, 2.75) is 40.4 Å². The molecule has 6 nitrogen and oxygen atoms in total. The molecule has 30 heavy (non-hydrogen) atoms.